The van der Waals surface area contributed by atoms with Gasteiger partial charge >= 0.3 is 5.97 Å². The molecule has 0 aromatic carbocycles. The number of aromatic amines is 1. The highest BCUT2D eigenvalue weighted by atomic mass is 16.4. The average Bonchev–Trinajstić information content (AvgIpc) is 3.16. The third-order valence-electron chi connectivity index (χ3n) is 4.38. The van der Waals surface area contributed by atoms with Crippen molar-refractivity contribution in [2.75, 3.05) is 6.54 Å². The summed E-state index contributed by atoms with van der Waals surface area (Å²) in [5.74, 6) is -3.05. The first-order valence-electron chi connectivity index (χ1n) is 9.85. The Morgan fingerprint density at radius 3 is 2.20 bits per heavy atom. The molecular weight excluding hydrogens is 392 g/mol. The number of hydrogen-bond acceptors (Lipinski definition) is 6. The number of rotatable bonds is 12. The van der Waals surface area contributed by atoms with Crippen LogP contribution in [0.25, 0.3) is 0 Å². The number of nitrogens with zero attached hydrogens (tertiary/aromatic N) is 1. The lowest BCUT2D eigenvalue weighted by molar-refractivity contribution is -0.142. The molecule has 1 aromatic rings. The van der Waals surface area contributed by atoms with Crippen molar-refractivity contribution in [3.8, 4) is 0 Å². The van der Waals surface area contributed by atoms with Crippen molar-refractivity contribution in [1.29, 1.82) is 0 Å². The first-order chi connectivity index (χ1) is 14.0. The quantitative estimate of drug-likeness (QED) is 0.253. The summed E-state index contributed by atoms with van der Waals surface area (Å²) in [5.41, 5.74) is 5.87. The van der Waals surface area contributed by atoms with E-state index in [9.17, 15) is 24.3 Å². The summed E-state index contributed by atoms with van der Waals surface area (Å²) in [6.45, 7) is 6.99. The molecule has 11 heteroatoms. The third kappa shape index (κ3) is 8.19. The van der Waals surface area contributed by atoms with E-state index in [2.05, 4.69) is 25.9 Å². The van der Waals surface area contributed by atoms with Gasteiger partial charge in [0.25, 0.3) is 0 Å². The number of nitrogens with one attached hydrogen (secondary N) is 4. The smallest absolute Gasteiger partial charge is 0.326 e. The van der Waals surface area contributed by atoms with Gasteiger partial charge in [-0.25, -0.2) is 9.78 Å². The van der Waals surface area contributed by atoms with Crippen molar-refractivity contribution in [2.24, 2.45) is 17.6 Å². The zero-order chi connectivity index (χ0) is 22.8. The zero-order valence-corrected chi connectivity index (χ0v) is 17.8. The topological polar surface area (TPSA) is 179 Å². The summed E-state index contributed by atoms with van der Waals surface area (Å²) in [6, 6.07) is -3.03. The molecule has 0 aliphatic rings. The molecule has 0 saturated heterocycles. The van der Waals surface area contributed by atoms with Gasteiger partial charge in [-0.2, -0.15) is 0 Å². The lowest BCUT2D eigenvalue weighted by atomic mass is 9.99. The number of hydrogen-bond donors (Lipinski definition) is 6. The standard InChI is InChI=1S/C19H32N6O5/c1-10(2)5-13(23-15(26)7-20)17(27)25-16(11(3)4)18(28)24-14(19(29)30)6-12-8-21-9-22-12/h8-11,13-14,16H,5-7,20H2,1-4H3,(H,21,22)(H,23,26)(H,24,28)(H,25,27)(H,29,30). The Bertz CT molecular complexity index is 719. The van der Waals surface area contributed by atoms with Gasteiger partial charge in [-0.1, -0.05) is 27.7 Å². The minimum absolute atomic E-state index is 0.0162. The lowest BCUT2D eigenvalue weighted by Crippen LogP contribution is -2.58. The second-order valence-corrected chi connectivity index (χ2v) is 7.86. The van der Waals surface area contributed by atoms with Crippen LogP contribution in [0.4, 0.5) is 0 Å². The SMILES string of the molecule is CC(C)CC(NC(=O)CN)C(=O)NC(C(=O)NC(Cc1cnc[nH]1)C(=O)O)C(C)C. The Labute approximate surface area is 175 Å². The first kappa shape index (κ1) is 25.1. The van der Waals surface area contributed by atoms with Crippen molar-refractivity contribution in [3.63, 3.8) is 0 Å². The maximum Gasteiger partial charge on any atom is 0.326 e. The van der Waals surface area contributed by atoms with E-state index in [-0.39, 0.29) is 24.8 Å². The van der Waals surface area contributed by atoms with Crippen molar-refractivity contribution >= 4 is 23.7 Å². The number of carbonyl (C=O) groups excluding carboxylic acids is 3. The number of carboxylic acid groups (broad SMARTS) is 1. The fourth-order valence-electron chi connectivity index (χ4n) is 2.82. The summed E-state index contributed by atoms with van der Waals surface area (Å²) >= 11 is 0. The summed E-state index contributed by atoms with van der Waals surface area (Å²) < 4.78 is 0. The molecule has 0 bridgehead atoms. The molecule has 0 fully saturated rings. The second-order valence-electron chi connectivity index (χ2n) is 7.86. The van der Waals surface area contributed by atoms with Crippen LogP contribution in [0.15, 0.2) is 12.5 Å². The van der Waals surface area contributed by atoms with Crippen LogP contribution in [0, 0.1) is 11.8 Å². The molecule has 1 heterocycles. The molecule has 11 nitrogen and oxygen atoms in total. The van der Waals surface area contributed by atoms with Gasteiger partial charge in [0.05, 0.1) is 12.9 Å². The Kier molecular flexibility index (Phi) is 9.96. The Hall–Kier alpha value is -2.95. The van der Waals surface area contributed by atoms with Gasteiger partial charge in [-0.15, -0.1) is 0 Å². The molecule has 3 atom stereocenters. The summed E-state index contributed by atoms with van der Waals surface area (Å²) in [4.78, 5) is 55.4. The van der Waals surface area contributed by atoms with E-state index in [4.69, 9.17) is 5.73 Å². The number of carbonyl (C=O) groups is 4. The monoisotopic (exact) mass is 424 g/mol. The number of aromatic nitrogens is 2. The van der Waals surface area contributed by atoms with Crippen LogP contribution in [-0.2, 0) is 25.6 Å². The molecule has 3 unspecified atom stereocenters. The molecule has 0 aliphatic heterocycles. The van der Waals surface area contributed by atoms with Gasteiger partial charge in [-0.05, 0) is 18.3 Å². The number of nitrogens with two attached hydrogens (primary N) is 1. The number of H-pyrrole nitrogens is 1. The molecule has 168 valence electrons. The van der Waals surface area contributed by atoms with Crippen LogP contribution < -0.4 is 21.7 Å². The molecule has 0 aliphatic carbocycles. The maximum atomic E-state index is 12.8. The summed E-state index contributed by atoms with van der Waals surface area (Å²) in [5, 5.41) is 17.1. The first-order valence-corrected chi connectivity index (χ1v) is 9.85. The minimum atomic E-state index is -1.21. The zero-order valence-electron chi connectivity index (χ0n) is 17.8. The van der Waals surface area contributed by atoms with E-state index in [1.165, 1.54) is 12.5 Å². The van der Waals surface area contributed by atoms with Gasteiger partial charge in [0.15, 0.2) is 0 Å². The van der Waals surface area contributed by atoms with E-state index < -0.39 is 41.8 Å². The number of imidazole rings is 1. The highest BCUT2D eigenvalue weighted by Crippen LogP contribution is 2.09. The van der Waals surface area contributed by atoms with Crippen molar-refractivity contribution in [3.05, 3.63) is 18.2 Å². The number of aliphatic carboxylic acids is 1. The van der Waals surface area contributed by atoms with Crippen LogP contribution >= 0.6 is 0 Å². The highest BCUT2D eigenvalue weighted by Gasteiger charge is 2.31. The van der Waals surface area contributed by atoms with Crippen molar-refractivity contribution < 1.29 is 24.3 Å². The molecule has 0 radical (unpaired) electrons. The molecule has 3 amide bonds. The normalized spacial score (nSPS) is 14.1. The molecule has 0 spiro atoms. The van der Waals surface area contributed by atoms with E-state index in [0.717, 1.165) is 0 Å². The van der Waals surface area contributed by atoms with Gasteiger partial charge < -0.3 is 31.8 Å². The Balaban J connectivity index is 2.89. The van der Waals surface area contributed by atoms with E-state index in [0.29, 0.717) is 12.1 Å². The maximum absolute atomic E-state index is 12.8. The van der Waals surface area contributed by atoms with Crippen LogP contribution in [0.2, 0.25) is 0 Å². The number of carboxylic acids is 1. The molecule has 7 N–H and O–H groups in total. The van der Waals surface area contributed by atoms with Crippen LogP contribution in [-0.4, -0.2) is 63.4 Å². The van der Waals surface area contributed by atoms with Crippen LogP contribution in [0.3, 0.4) is 0 Å². The fraction of sp³-hybridized carbons (Fsp3) is 0.632. The predicted octanol–water partition coefficient (Wildman–Crippen LogP) is -0.848. The Morgan fingerprint density at radius 2 is 1.73 bits per heavy atom. The molecular formula is C19H32N6O5. The third-order valence-corrected chi connectivity index (χ3v) is 4.38. The van der Waals surface area contributed by atoms with Gasteiger partial charge in [-0.3, -0.25) is 14.4 Å². The predicted molar refractivity (Wildman–Crippen MR) is 109 cm³/mol. The van der Waals surface area contributed by atoms with Gasteiger partial charge in [0.1, 0.15) is 18.1 Å². The van der Waals surface area contributed by atoms with Gasteiger partial charge in [0, 0.05) is 18.3 Å². The molecule has 1 aromatic heterocycles. The van der Waals surface area contributed by atoms with Crippen LogP contribution in [0.1, 0.15) is 39.8 Å². The molecule has 30 heavy (non-hydrogen) atoms. The second kappa shape index (κ2) is 11.9. The average molecular weight is 425 g/mol. The summed E-state index contributed by atoms with van der Waals surface area (Å²) in [7, 11) is 0. The largest absolute Gasteiger partial charge is 0.480 e. The number of amides is 3. The minimum Gasteiger partial charge on any atom is -0.480 e. The Morgan fingerprint density at radius 1 is 1.07 bits per heavy atom. The fourth-order valence-corrected chi connectivity index (χ4v) is 2.82. The van der Waals surface area contributed by atoms with E-state index >= 15 is 0 Å². The lowest BCUT2D eigenvalue weighted by Gasteiger charge is -2.27. The van der Waals surface area contributed by atoms with Crippen LogP contribution in [0.5, 0.6) is 0 Å². The van der Waals surface area contributed by atoms with Crippen molar-refractivity contribution in [1.82, 2.24) is 25.9 Å². The van der Waals surface area contributed by atoms with E-state index in [1.807, 2.05) is 13.8 Å². The van der Waals surface area contributed by atoms with Crippen molar-refractivity contribution in [2.45, 2.75) is 58.7 Å². The summed E-state index contributed by atoms with van der Waals surface area (Å²) in [6.07, 6.45) is 3.27. The van der Waals surface area contributed by atoms with Gasteiger partial charge in [0.2, 0.25) is 17.7 Å². The molecule has 0 saturated carbocycles. The highest BCUT2D eigenvalue weighted by molar-refractivity contribution is 5.93. The molecule has 1 rings (SSSR count). The van der Waals surface area contributed by atoms with E-state index in [1.54, 1.807) is 13.8 Å².